The molecule has 0 spiro atoms. The highest BCUT2D eigenvalue weighted by Gasteiger charge is 2.30. The van der Waals surface area contributed by atoms with Crippen LogP contribution in [0.3, 0.4) is 0 Å². The Morgan fingerprint density at radius 1 is 0.833 bits per heavy atom. The summed E-state index contributed by atoms with van der Waals surface area (Å²) in [5.41, 5.74) is 0.428. The number of aromatic nitrogens is 5. The number of nitrogens with one attached hydrogen (secondary N) is 2. The maximum atomic E-state index is 12.6. The fourth-order valence-corrected chi connectivity index (χ4v) is 3.19. The highest BCUT2D eigenvalue weighted by molar-refractivity contribution is 5.39. The van der Waals surface area contributed by atoms with Gasteiger partial charge in [0.05, 0.1) is 51.6 Å². The van der Waals surface area contributed by atoms with E-state index in [0.717, 1.165) is 17.7 Å². The smallest absolute Gasteiger partial charge is 0.416 e. The van der Waals surface area contributed by atoms with Gasteiger partial charge in [-0.3, -0.25) is 9.97 Å². The third-order valence-corrected chi connectivity index (χ3v) is 5.19. The number of methoxy groups -OCH3 is 3. The lowest BCUT2D eigenvalue weighted by Gasteiger charge is -2.14. The number of nitrogens with zero attached hydrogens (tertiary/aromatic N) is 5. The molecule has 0 saturated heterocycles. The van der Waals surface area contributed by atoms with E-state index in [-0.39, 0.29) is 12.1 Å². The van der Waals surface area contributed by atoms with Gasteiger partial charge in [-0.2, -0.15) is 23.1 Å². The van der Waals surface area contributed by atoms with Crippen LogP contribution in [0.2, 0.25) is 0 Å². The minimum atomic E-state index is -4.44. The number of aliphatic hydroxyl groups excluding tert-OH is 1. The summed E-state index contributed by atoms with van der Waals surface area (Å²) in [5, 5.41) is 15.9. The van der Waals surface area contributed by atoms with Crippen molar-refractivity contribution in [3.63, 3.8) is 0 Å². The second kappa shape index (κ2) is 17.2. The number of alkyl halides is 3. The van der Waals surface area contributed by atoms with Crippen LogP contribution in [-0.2, 0) is 12.7 Å². The Hall–Kier alpha value is -4.72. The molecule has 3 aromatic heterocycles. The Labute approximate surface area is 242 Å². The van der Waals surface area contributed by atoms with E-state index in [1.54, 1.807) is 18.6 Å². The molecule has 0 aliphatic carbocycles. The Morgan fingerprint density at radius 3 is 2.21 bits per heavy atom. The third kappa shape index (κ3) is 10.7. The predicted molar refractivity (Wildman–Crippen MR) is 152 cm³/mol. The van der Waals surface area contributed by atoms with Crippen LogP contribution in [0.25, 0.3) is 0 Å². The molecule has 1 atom stereocenters. The molecule has 0 aliphatic rings. The van der Waals surface area contributed by atoms with Gasteiger partial charge in [0.2, 0.25) is 5.88 Å². The lowest BCUT2D eigenvalue weighted by molar-refractivity contribution is -0.137. The van der Waals surface area contributed by atoms with Crippen molar-refractivity contribution in [2.45, 2.75) is 32.7 Å². The summed E-state index contributed by atoms with van der Waals surface area (Å²) in [5.74, 6) is 1.98. The Bertz CT molecular complexity index is 1350. The topological polar surface area (TPSA) is 136 Å². The average Bonchev–Trinajstić information content (AvgIpc) is 3.04. The van der Waals surface area contributed by atoms with Crippen LogP contribution in [-0.4, -0.2) is 57.9 Å². The zero-order valence-corrected chi connectivity index (χ0v) is 23.9. The standard InChI is InChI=1S/C14H14F3N3O2.C12H14N4O2.C2H6/c1-22-13-8-18-7-12(20-13)19-6-11(21)9-3-2-4-10(5-9)14(15,16)17;1-17-11-12(18-2)16-10(8-15-11)14-7-9-4-3-5-13-6-9;1-2/h2-5,7-8,11,21H,6H2,1H3,(H,19,20);3-6,8H,7H2,1-2H3,(H,14,16);1-2H3. The molecule has 11 nitrogen and oxygen atoms in total. The second-order valence-electron chi connectivity index (χ2n) is 7.96. The van der Waals surface area contributed by atoms with Gasteiger partial charge in [0, 0.05) is 25.5 Å². The number of aliphatic hydroxyl groups is 1. The van der Waals surface area contributed by atoms with Crippen molar-refractivity contribution >= 4 is 11.6 Å². The second-order valence-corrected chi connectivity index (χ2v) is 7.96. The number of halogens is 3. The van der Waals surface area contributed by atoms with Crippen molar-refractivity contribution in [3.8, 4) is 17.6 Å². The van der Waals surface area contributed by atoms with Gasteiger partial charge in [0.15, 0.2) is 0 Å². The molecule has 0 radical (unpaired) electrons. The largest absolute Gasteiger partial charge is 0.480 e. The fourth-order valence-electron chi connectivity index (χ4n) is 3.19. The van der Waals surface area contributed by atoms with Crippen LogP contribution in [0.1, 0.15) is 36.6 Å². The summed E-state index contributed by atoms with van der Waals surface area (Å²) in [7, 11) is 4.48. The molecule has 0 bridgehead atoms. The molecule has 1 unspecified atom stereocenters. The molecule has 0 amide bonds. The van der Waals surface area contributed by atoms with Crippen LogP contribution in [0, 0.1) is 0 Å². The van der Waals surface area contributed by atoms with Crippen LogP contribution in [0.4, 0.5) is 24.8 Å². The molecule has 3 N–H and O–H groups in total. The number of anilines is 2. The van der Waals surface area contributed by atoms with Crippen LogP contribution in [0.15, 0.2) is 67.4 Å². The van der Waals surface area contributed by atoms with E-state index in [2.05, 4.69) is 35.6 Å². The molecule has 0 fully saturated rings. The lowest BCUT2D eigenvalue weighted by atomic mass is 10.1. The first-order chi connectivity index (χ1) is 20.2. The van der Waals surface area contributed by atoms with Crippen molar-refractivity contribution < 1.29 is 32.5 Å². The van der Waals surface area contributed by atoms with E-state index in [1.807, 2.05) is 26.0 Å². The number of hydrogen-bond donors (Lipinski definition) is 3. The quantitative estimate of drug-likeness (QED) is 0.226. The third-order valence-electron chi connectivity index (χ3n) is 5.19. The summed E-state index contributed by atoms with van der Waals surface area (Å²) in [6, 6.07) is 8.43. The summed E-state index contributed by atoms with van der Waals surface area (Å²) in [4.78, 5) is 20.3. The molecular formula is C28H34F3N7O4. The van der Waals surface area contributed by atoms with E-state index in [1.165, 1.54) is 45.9 Å². The number of hydrogen-bond acceptors (Lipinski definition) is 11. The Kier molecular flexibility index (Phi) is 13.7. The van der Waals surface area contributed by atoms with Gasteiger partial charge in [-0.05, 0) is 29.3 Å². The molecule has 0 aliphatic heterocycles. The summed E-state index contributed by atoms with van der Waals surface area (Å²) in [6.07, 6.45) is 2.39. The van der Waals surface area contributed by atoms with E-state index in [0.29, 0.717) is 35.8 Å². The van der Waals surface area contributed by atoms with Crippen molar-refractivity contribution in [2.24, 2.45) is 0 Å². The molecule has 0 saturated carbocycles. The van der Waals surface area contributed by atoms with Gasteiger partial charge in [0.25, 0.3) is 11.8 Å². The van der Waals surface area contributed by atoms with Crippen molar-refractivity contribution in [2.75, 3.05) is 38.5 Å². The number of pyridine rings is 1. The van der Waals surface area contributed by atoms with E-state index in [9.17, 15) is 18.3 Å². The SMILES string of the molecule is CC.COc1cncc(NCC(O)c2cccc(C(F)(F)F)c2)n1.COc1ncc(NCc2cccnc2)nc1OC. The molecule has 4 rings (SSSR count). The normalized spacial score (nSPS) is 11.1. The van der Waals surface area contributed by atoms with Gasteiger partial charge in [-0.1, -0.05) is 32.0 Å². The molecule has 226 valence electrons. The Balaban J connectivity index is 0.000000282. The van der Waals surface area contributed by atoms with Crippen molar-refractivity contribution in [1.82, 2.24) is 24.9 Å². The van der Waals surface area contributed by atoms with E-state index >= 15 is 0 Å². The minimum absolute atomic E-state index is 0.0108. The van der Waals surface area contributed by atoms with Gasteiger partial charge in [-0.25, -0.2) is 4.98 Å². The monoisotopic (exact) mass is 589 g/mol. The number of rotatable bonds is 10. The highest BCUT2D eigenvalue weighted by atomic mass is 19.4. The van der Waals surface area contributed by atoms with Gasteiger partial charge in [0.1, 0.15) is 11.6 Å². The van der Waals surface area contributed by atoms with Crippen LogP contribution < -0.4 is 24.8 Å². The van der Waals surface area contributed by atoms with Gasteiger partial charge in [-0.15, -0.1) is 0 Å². The highest BCUT2D eigenvalue weighted by Crippen LogP contribution is 2.30. The molecular weight excluding hydrogens is 555 g/mol. The lowest BCUT2D eigenvalue weighted by Crippen LogP contribution is -2.14. The van der Waals surface area contributed by atoms with Crippen molar-refractivity contribution in [3.05, 3.63) is 84.1 Å². The average molecular weight is 590 g/mol. The number of ether oxygens (including phenoxy) is 3. The predicted octanol–water partition coefficient (Wildman–Crippen LogP) is 5.18. The summed E-state index contributed by atoms with van der Waals surface area (Å²) >= 11 is 0. The summed E-state index contributed by atoms with van der Waals surface area (Å²) < 4.78 is 52.9. The molecule has 42 heavy (non-hydrogen) atoms. The van der Waals surface area contributed by atoms with Crippen molar-refractivity contribution in [1.29, 1.82) is 0 Å². The zero-order chi connectivity index (χ0) is 31.0. The molecule has 3 heterocycles. The number of benzene rings is 1. The van der Waals surface area contributed by atoms with Crippen LogP contribution in [0.5, 0.6) is 17.6 Å². The van der Waals surface area contributed by atoms with E-state index in [4.69, 9.17) is 14.2 Å². The molecule has 1 aromatic carbocycles. The van der Waals surface area contributed by atoms with Gasteiger partial charge < -0.3 is 30.0 Å². The van der Waals surface area contributed by atoms with Crippen LogP contribution >= 0.6 is 0 Å². The maximum absolute atomic E-state index is 12.6. The molecule has 4 aromatic rings. The van der Waals surface area contributed by atoms with E-state index < -0.39 is 17.8 Å². The first kappa shape index (κ1) is 33.5. The maximum Gasteiger partial charge on any atom is 0.416 e. The fraction of sp³-hybridized carbons (Fsp3) is 0.321. The summed E-state index contributed by atoms with van der Waals surface area (Å²) in [6.45, 7) is 4.61. The zero-order valence-electron chi connectivity index (χ0n) is 23.9. The Morgan fingerprint density at radius 2 is 1.57 bits per heavy atom. The first-order valence-corrected chi connectivity index (χ1v) is 12.8. The van der Waals surface area contributed by atoms with Gasteiger partial charge >= 0.3 is 6.18 Å². The minimum Gasteiger partial charge on any atom is -0.480 e. The first-order valence-electron chi connectivity index (χ1n) is 12.8. The molecule has 14 heteroatoms.